The number of aromatic nitrogens is 1. The molecule has 0 bridgehead atoms. The zero-order valence-electron chi connectivity index (χ0n) is 14.0. The number of para-hydroxylation sites is 2. The van der Waals surface area contributed by atoms with Crippen LogP contribution in [0.4, 0.5) is 5.69 Å². The second-order valence-corrected chi connectivity index (χ2v) is 6.99. The van der Waals surface area contributed by atoms with Gasteiger partial charge in [-0.05, 0) is 42.8 Å². The Labute approximate surface area is 154 Å². The van der Waals surface area contributed by atoms with Crippen molar-refractivity contribution in [3.63, 3.8) is 0 Å². The number of thiazole rings is 1. The Morgan fingerprint density at radius 3 is 2.65 bits per heavy atom. The van der Waals surface area contributed by atoms with Crippen molar-refractivity contribution in [3.05, 3.63) is 71.8 Å². The van der Waals surface area contributed by atoms with Crippen LogP contribution >= 0.6 is 11.3 Å². The minimum Gasteiger partial charge on any atom is -0.507 e. The minimum atomic E-state index is 0.132. The summed E-state index contributed by atoms with van der Waals surface area (Å²) in [5, 5.41) is 21.2. The van der Waals surface area contributed by atoms with Crippen LogP contribution in [0.15, 0.2) is 65.7 Å². The number of benzene rings is 3. The SMILES string of the molecule is Cc1cccc(C=Nc2ccc(-c3nc4ccccc4s3)c(O)c2)c1O. The smallest absolute Gasteiger partial charge is 0.128 e. The fourth-order valence-corrected chi connectivity index (χ4v) is 3.70. The molecule has 2 N–H and O–H groups in total. The van der Waals surface area contributed by atoms with Crippen LogP contribution in [0.1, 0.15) is 11.1 Å². The van der Waals surface area contributed by atoms with E-state index in [4.69, 9.17) is 0 Å². The Morgan fingerprint density at radius 1 is 1.00 bits per heavy atom. The van der Waals surface area contributed by atoms with Gasteiger partial charge in [0.2, 0.25) is 0 Å². The largest absolute Gasteiger partial charge is 0.507 e. The molecule has 0 aliphatic heterocycles. The fourth-order valence-electron chi connectivity index (χ4n) is 2.70. The van der Waals surface area contributed by atoms with E-state index < -0.39 is 0 Å². The van der Waals surface area contributed by atoms with E-state index >= 15 is 0 Å². The highest BCUT2D eigenvalue weighted by Crippen LogP contribution is 2.37. The van der Waals surface area contributed by atoms with E-state index in [-0.39, 0.29) is 11.5 Å². The molecule has 4 aromatic rings. The summed E-state index contributed by atoms with van der Waals surface area (Å²) in [7, 11) is 0. The predicted octanol–water partition coefficient (Wildman–Crippen LogP) is 5.43. The van der Waals surface area contributed by atoms with Crippen LogP contribution in [-0.4, -0.2) is 21.4 Å². The van der Waals surface area contributed by atoms with E-state index in [0.717, 1.165) is 20.8 Å². The average Bonchev–Trinajstić information content (AvgIpc) is 3.07. The highest BCUT2D eigenvalue weighted by molar-refractivity contribution is 7.21. The van der Waals surface area contributed by atoms with Gasteiger partial charge in [0.15, 0.2) is 0 Å². The van der Waals surface area contributed by atoms with Crippen molar-refractivity contribution in [1.82, 2.24) is 4.98 Å². The third-order valence-corrected chi connectivity index (χ3v) is 5.20. The van der Waals surface area contributed by atoms with Gasteiger partial charge in [0.05, 0.1) is 21.5 Å². The van der Waals surface area contributed by atoms with E-state index in [1.165, 1.54) is 0 Å². The summed E-state index contributed by atoms with van der Waals surface area (Å²) < 4.78 is 1.08. The quantitative estimate of drug-likeness (QED) is 0.479. The third-order valence-electron chi connectivity index (χ3n) is 4.13. The average molecular weight is 360 g/mol. The van der Waals surface area contributed by atoms with Crippen LogP contribution in [-0.2, 0) is 0 Å². The zero-order valence-corrected chi connectivity index (χ0v) is 14.9. The summed E-state index contributed by atoms with van der Waals surface area (Å²) >= 11 is 1.54. The van der Waals surface area contributed by atoms with Gasteiger partial charge in [-0.25, -0.2) is 4.98 Å². The standard InChI is InChI=1S/C21H16N2O2S/c1-13-5-4-6-14(20(13)25)12-22-15-9-10-16(18(24)11-15)21-23-17-7-2-3-8-19(17)26-21/h2-12,24-25H,1H3. The van der Waals surface area contributed by atoms with Crippen molar-refractivity contribution in [2.75, 3.05) is 0 Å². The molecule has 0 saturated heterocycles. The molecule has 0 unspecified atom stereocenters. The van der Waals surface area contributed by atoms with E-state index in [2.05, 4.69) is 9.98 Å². The molecule has 4 rings (SSSR count). The Balaban J connectivity index is 1.65. The monoisotopic (exact) mass is 360 g/mol. The van der Waals surface area contributed by atoms with Crippen molar-refractivity contribution in [3.8, 4) is 22.1 Å². The summed E-state index contributed by atoms with van der Waals surface area (Å²) in [6.07, 6.45) is 1.59. The summed E-state index contributed by atoms with van der Waals surface area (Å²) in [6, 6.07) is 18.6. The number of aliphatic imine (C=N–C) groups is 1. The fraction of sp³-hybridized carbons (Fsp3) is 0.0476. The van der Waals surface area contributed by atoms with Crippen LogP contribution in [0.2, 0.25) is 0 Å². The molecule has 0 saturated carbocycles. The van der Waals surface area contributed by atoms with Crippen LogP contribution in [0.25, 0.3) is 20.8 Å². The number of aromatic hydroxyl groups is 2. The van der Waals surface area contributed by atoms with Crippen LogP contribution in [0.5, 0.6) is 11.5 Å². The normalized spacial score (nSPS) is 11.4. The molecule has 128 valence electrons. The van der Waals surface area contributed by atoms with Gasteiger partial charge >= 0.3 is 0 Å². The van der Waals surface area contributed by atoms with Gasteiger partial charge in [0.25, 0.3) is 0 Å². The number of nitrogens with zero attached hydrogens (tertiary/aromatic N) is 2. The first-order valence-electron chi connectivity index (χ1n) is 8.13. The molecule has 0 fully saturated rings. The van der Waals surface area contributed by atoms with Crippen molar-refractivity contribution >= 4 is 33.5 Å². The Hall–Kier alpha value is -3.18. The number of aryl methyl sites for hydroxylation is 1. The molecule has 1 aromatic heterocycles. The van der Waals surface area contributed by atoms with E-state index in [0.29, 0.717) is 16.8 Å². The van der Waals surface area contributed by atoms with Crippen LogP contribution in [0.3, 0.4) is 0 Å². The number of fused-ring (bicyclic) bond motifs is 1. The summed E-state index contributed by atoms with van der Waals surface area (Å²) in [5.74, 6) is 0.346. The van der Waals surface area contributed by atoms with E-state index in [9.17, 15) is 10.2 Å². The molecular formula is C21H16N2O2S. The molecule has 0 atom stereocenters. The molecule has 0 amide bonds. The first-order valence-corrected chi connectivity index (χ1v) is 8.95. The summed E-state index contributed by atoms with van der Waals surface area (Å²) in [5.41, 5.74) is 3.64. The Morgan fingerprint density at radius 2 is 1.85 bits per heavy atom. The lowest BCUT2D eigenvalue weighted by molar-refractivity contribution is 0.470. The van der Waals surface area contributed by atoms with E-state index in [1.807, 2.05) is 55.5 Å². The molecular weight excluding hydrogens is 344 g/mol. The van der Waals surface area contributed by atoms with Crippen LogP contribution in [0, 0.1) is 6.92 Å². The van der Waals surface area contributed by atoms with Crippen LogP contribution < -0.4 is 0 Å². The summed E-state index contributed by atoms with van der Waals surface area (Å²) in [4.78, 5) is 8.93. The number of rotatable bonds is 3. The lowest BCUT2D eigenvalue weighted by Gasteiger charge is -2.03. The Kier molecular flexibility index (Phi) is 4.14. The van der Waals surface area contributed by atoms with Gasteiger partial charge in [-0.3, -0.25) is 4.99 Å². The lowest BCUT2D eigenvalue weighted by Crippen LogP contribution is -1.85. The van der Waals surface area contributed by atoms with Crippen molar-refractivity contribution < 1.29 is 10.2 Å². The molecule has 1 heterocycles. The first kappa shape index (κ1) is 16.3. The molecule has 3 aromatic carbocycles. The third kappa shape index (κ3) is 3.05. The van der Waals surface area contributed by atoms with Crippen molar-refractivity contribution in [2.24, 2.45) is 4.99 Å². The van der Waals surface area contributed by atoms with E-state index in [1.54, 1.807) is 29.7 Å². The molecule has 4 nitrogen and oxygen atoms in total. The van der Waals surface area contributed by atoms with Gasteiger partial charge in [-0.1, -0.05) is 24.3 Å². The Bertz CT molecular complexity index is 1100. The lowest BCUT2D eigenvalue weighted by atomic mass is 10.1. The molecule has 0 aliphatic carbocycles. The highest BCUT2D eigenvalue weighted by Gasteiger charge is 2.10. The van der Waals surface area contributed by atoms with Gasteiger partial charge in [-0.2, -0.15) is 0 Å². The molecule has 0 spiro atoms. The first-order chi connectivity index (χ1) is 12.6. The highest BCUT2D eigenvalue weighted by atomic mass is 32.1. The maximum atomic E-state index is 10.4. The molecule has 0 radical (unpaired) electrons. The van der Waals surface area contributed by atoms with Gasteiger partial charge in [0, 0.05) is 17.8 Å². The van der Waals surface area contributed by atoms with Gasteiger partial charge < -0.3 is 10.2 Å². The van der Waals surface area contributed by atoms with Crippen molar-refractivity contribution in [1.29, 1.82) is 0 Å². The maximum absolute atomic E-state index is 10.4. The van der Waals surface area contributed by atoms with Crippen molar-refractivity contribution in [2.45, 2.75) is 6.92 Å². The topological polar surface area (TPSA) is 65.7 Å². The molecule has 0 aliphatic rings. The second-order valence-electron chi connectivity index (χ2n) is 5.96. The van der Waals surface area contributed by atoms with Gasteiger partial charge in [-0.15, -0.1) is 11.3 Å². The molecule has 5 heteroatoms. The summed E-state index contributed by atoms with van der Waals surface area (Å²) in [6.45, 7) is 1.84. The zero-order chi connectivity index (χ0) is 18.1. The number of hydrogen-bond acceptors (Lipinski definition) is 5. The number of phenolic OH excluding ortho intramolecular Hbond substituents is 2. The van der Waals surface area contributed by atoms with Gasteiger partial charge in [0.1, 0.15) is 16.5 Å². The maximum Gasteiger partial charge on any atom is 0.128 e. The number of phenols is 2. The molecule has 26 heavy (non-hydrogen) atoms. The predicted molar refractivity (Wildman–Crippen MR) is 107 cm³/mol. The number of hydrogen-bond donors (Lipinski definition) is 2. The minimum absolute atomic E-state index is 0.132. The second kappa shape index (κ2) is 6.61.